The summed E-state index contributed by atoms with van der Waals surface area (Å²) in [6, 6.07) is 4.22. The molecule has 0 spiro atoms. The van der Waals surface area contributed by atoms with Gasteiger partial charge in [-0.2, -0.15) is 8.78 Å². The first-order valence-electron chi connectivity index (χ1n) is 10.2. The number of methoxy groups -OCH3 is 1. The van der Waals surface area contributed by atoms with Crippen LogP contribution in [-0.4, -0.2) is 31.6 Å². The van der Waals surface area contributed by atoms with Gasteiger partial charge in [-0.3, -0.25) is 4.79 Å². The van der Waals surface area contributed by atoms with Gasteiger partial charge in [0, 0.05) is 5.41 Å². The molecule has 0 heterocycles. The van der Waals surface area contributed by atoms with Crippen molar-refractivity contribution in [2.75, 3.05) is 7.11 Å². The van der Waals surface area contributed by atoms with E-state index in [1.54, 1.807) is 6.92 Å². The van der Waals surface area contributed by atoms with Crippen LogP contribution >= 0.6 is 0 Å². The van der Waals surface area contributed by atoms with Crippen LogP contribution in [0.3, 0.4) is 0 Å². The van der Waals surface area contributed by atoms with E-state index >= 15 is 0 Å². The zero-order valence-corrected chi connectivity index (χ0v) is 16.7. The fraction of sp³-hybridized carbons (Fsp3) is 0.636. The third-order valence-electron chi connectivity index (χ3n) is 6.84. The maximum atomic E-state index is 13.3. The summed E-state index contributed by atoms with van der Waals surface area (Å²) < 4.78 is 40.6. The zero-order chi connectivity index (χ0) is 20.8. The first-order chi connectivity index (χ1) is 13.8. The summed E-state index contributed by atoms with van der Waals surface area (Å²) in [4.78, 5) is 26.0. The number of ether oxygens (including phenoxy) is 3. The molecule has 0 saturated heterocycles. The lowest BCUT2D eigenvalue weighted by Gasteiger charge is -2.56. The Morgan fingerprint density at radius 1 is 1.07 bits per heavy atom. The van der Waals surface area contributed by atoms with Crippen LogP contribution in [0.15, 0.2) is 18.2 Å². The summed E-state index contributed by atoms with van der Waals surface area (Å²) >= 11 is 0. The van der Waals surface area contributed by atoms with E-state index in [-0.39, 0.29) is 22.8 Å². The molecule has 158 valence electrons. The third-order valence-corrected chi connectivity index (χ3v) is 6.84. The highest BCUT2D eigenvalue weighted by Crippen LogP contribution is 2.60. The SMILES string of the molecule is COc1cccc(C(=O)OC(C)C(=O)C23CC4CC(CC(C4)C2)C3)c1OC(F)F. The van der Waals surface area contributed by atoms with E-state index in [1.165, 1.54) is 44.6 Å². The lowest BCUT2D eigenvalue weighted by molar-refractivity contribution is -0.152. The average molecular weight is 408 g/mol. The van der Waals surface area contributed by atoms with Gasteiger partial charge in [0.2, 0.25) is 0 Å². The fourth-order valence-electron chi connectivity index (χ4n) is 6.17. The number of halogens is 2. The Hall–Kier alpha value is -2.18. The summed E-state index contributed by atoms with van der Waals surface area (Å²) in [6.07, 6.45) is 5.30. The van der Waals surface area contributed by atoms with E-state index < -0.39 is 24.1 Å². The highest BCUT2D eigenvalue weighted by Gasteiger charge is 2.55. The van der Waals surface area contributed by atoms with E-state index in [2.05, 4.69) is 4.74 Å². The lowest BCUT2D eigenvalue weighted by Crippen LogP contribution is -2.52. The van der Waals surface area contributed by atoms with Gasteiger partial charge >= 0.3 is 12.6 Å². The van der Waals surface area contributed by atoms with Gasteiger partial charge in [-0.05, 0) is 75.3 Å². The molecule has 0 amide bonds. The van der Waals surface area contributed by atoms with Crippen LogP contribution in [0.1, 0.15) is 55.8 Å². The summed E-state index contributed by atoms with van der Waals surface area (Å²) in [7, 11) is 1.29. The second-order valence-corrected chi connectivity index (χ2v) is 8.83. The van der Waals surface area contributed by atoms with Crippen molar-refractivity contribution in [1.29, 1.82) is 0 Å². The molecule has 29 heavy (non-hydrogen) atoms. The molecule has 4 saturated carbocycles. The zero-order valence-electron chi connectivity index (χ0n) is 16.7. The molecule has 1 atom stereocenters. The molecule has 1 aromatic carbocycles. The van der Waals surface area contributed by atoms with E-state index in [4.69, 9.17) is 9.47 Å². The maximum Gasteiger partial charge on any atom is 0.387 e. The number of hydrogen-bond donors (Lipinski definition) is 0. The fourth-order valence-corrected chi connectivity index (χ4v) is 6.17. The first-order valence-corrected chi connectivity index (χ1v) is 10.2. The molecular weight excluding hydrogens is 382 g/mol. The predicted octanol–water partition coefficient (Wildman–Crippen LogP) is 4.63. The van der Waals surface area contributed by atoms with E-state index in [0.29, 0.717) is 17.8 Å². The van der Waals surface area contributed by atoms with Gasteiger partial charge in [0.1, 0.15) is 5.56 Å². The van der Waals surface area contributed by atoms with Gasteiger partial charge < -0.3 is 14.2 Å². The van der Waals surface area contributed by atoms with E-state index in [9.17, 15) is 18.4 Å². The third kappa shape index (κ3) is 3.71. The standard InChI is InChI=1S/C22H26F2O5/c1-12(19(25)22-9-13-6-14(10-22)8-15(7-13)11-22)28-20(26)16-4-3-5-17(27-2)18(16)29-21(23)24/h3-5,12-15,21H,6-11H2,1-2H3. The average Bonchev–Trinajstić information content (AvgIpc) is 2.65. The van der Waals surface area contributed by atoms with E-state index in [0.717, 1.165) is 19.3 Å². The summed E-state index contributed by atoms with van der Waals surface area (Å²) in [5, 5.41) is 0. The molecule has 1 aromatic rings. The van der Waals surface area contributed by atoms with Gasteiger partial charge in [-0.15, -0.1) is 0 Å². The number of ketones is 1. The van der Waals surface area contributed by atoms with Crippen LogP contribution in [0.2, 0.25) is 0 Å². The Bertz CT molecular complexity index is 771. The summed E-state index contributed by atoms with van der Waals surface area (Å²) in [5.41, 5.74) is -0.583. The van der Waals surface area contributed by atoms with Gasteiger partial charge in [-0.25, -0.2) is 4.79 Å². The Morgan fingerprint density at radius 3 is 2.17 bits per heavy atom. The van der Waals surface area contributed by atoms with Crippen LogP contribution in [-0.2, 0) is 9.53 Å². The Morgan fingerprint density at radius 2 is 1.66 bits per heavy atom. The van der Waals surface area contributed by atoms with Crippen molar-refractivity contribution in [3.8, 4) is 11.5 Å². The second kappa shape index (κ2) is 7.58. The maximum absolute atomic E-state index is 13.3. The number of Topliss-reactive ketones (excluding diaryl/α,β-unsaturated/α-hetero) is 1. The van der Waals surface area contributed by atoms with Crippen molar-refractivity contribution < 1.29 is 32.6 Å². The van der Waals surface area contributed by atoms with Crippen molar-refractivity contribution in [1.82, 2.24) is 0 Å². The number of esters is 1. The minimum Gasteiger partial charge on any atom is -0.493 e. The number of para-hydroxylation sites is 1. The largest absolute Gasteiger partial charge is 0.493 e. The minimum atomic E-state index is -3.12. The molecule has 7 heteroatoms. The van der Waals surface area contributed by atoms with Crippen LogP contribution < -0.4 is 9.47 Å². The predicted molar refractivity (Wildman–Crippen MR) is 100 cm³/mol. The van der Waals surface area contributed by atoms with Gasteiger partial charge in [0.25, 0.3) is 0 Å². The van der Waals surface area contributed by atoms with Gasteiger partial charge in [-0.1, -0.05) is 6.07 Å². The number of hydrogen-bond acceptors (Lipinski definition) is 5. The number of alkyl halides is 2. The van der Waals surface area contributed by atoms with Crippen LogP contribution in [0.25, 0.3) is 0 Å². The molecule has 0 aromatic heterocycles. The monoisotopic (exact) mass is 408 g/mol. The van der Waals surface area contributed by atoms with Crippen molar-refractivity contribution >= 4 is 11.8 Å². The number of rotatable bonds is 7. The topological polar surface area (TPSA) is 61.8 Å². The molecule has 4 fully saturated rings. The normalized spacial score (nSPS) is 30.9. The molecule has 0 radical (unpaired) electrons. The minimum absolute atomic E-state index is 0.000172. The summed E-state index contributed by atoms with van der Waals surface area (Å²) in [5.74, 6) is 0.492. The molecule has 1 unspecified atom stereocenters. The Kier molecular flexibility index (Phi) is 5.25. The molecule has 4 bridgehead atoms. The van der Waals surface area contributed by atoms with Gasteiger partial charge in [0.15, 0.2) is 23.4 Å². The number of carbonyl (C=O) groups is 2. The quantitative estimate of drug-likeness (QED) is 0.616. The molecule has 5 nitrogen and oxygen atoms in total. The summed E-state index contributed by atoms with van der Waals surface area (Å²) in [6.45, 7) is -1.55. The first kappa shape index (κ1) is 20.1. The Labute approximate surface area is 168 Å². The van der Waals surface area contributed by atoms with Crippen molar-refractivity contribution in [3.05, 3.63) is 23.8 Å². The Balaban J connectivity index is 1.51. The number of carbonyl (C=O) groups excluding carboxylic acids is 2. The van der Waals surface area contributed by atoms with E-state index in [1.807, 2.05) is 0 Å². The lowest BCUT2D eigenvalue weighted by atomic mass is 9.48. The van der Waals surface area contributed by atoms with Crippen LogP contribution in [0.5, 0.6) is 11.5 Å². The highest BCUT2D eigenvalue weighted by atomic mass is 19.3. The second-order valence-electron chi connectivity index (χ2n) is 8.83. The van der Waals surface area contributed by atoms with Crippen molar-refractivity contribution in [3.63, 3.8) is 0 Å². The van der Waals surface area contributed by atoms with Crippen LogP contribution in [0, 0.1) is 23.2 Å². The molecule has 4 aliphatic rings. The highest BCUT2D eigenvalue weighted by molar-refractivity contribution is 5.97. The molecule has 5 rings (SSSR count). The van der Waals surface area contributed by atoms with Crippen molar-refractivity contribution in [2.45, 2.75) is 58.2 Å². The molecule has 0 aliphatic heterocycles. The smallest absolute Gasteiger partial charge is 0.387 e. The molecule has 4 aliphatic carbocycles. The van der Waals surface area contributed by atoms with Gasteiger partial charge in [0.05, 0.1) is 7.11 Å². The molecule has 0 N–H and O–H groups in total. The van der Waals surface area contributed by atoms with Crippen LogP contribution in [0.4, 0.5) is 8.78 Å². The van der Waals surface area contributed by atoms with Crippen molar-refractivity contribution in [2.24, 2.45) is 23.2 Å². The number of benzene rings is 1. The molecular formula is C22H26F2O5.